The van der Waals surface area contributed by atoms with Crippen LogP contribution in [0.1, 0.15) is 5.56 Å². The van der Waals surface area contributed by atoms with Crippen molar-refractivity contribution in [1.82, 2.24) is 4.40 Å². The molecule has 21 heavy (non-hydrogen) atoms. The second-order valence-electron chi connectivity index (χ2n) is 5.54. The summed E-state index contributed by atoms with van der Waals surface area (Å²) in [7, 11) is 2.11. The first-order chi connectivity index (χ1) is 10.3. The Morgan fingerprint density at radius 3 is 2.67 bits per heavy atom. The fourth-order valence-corrected chi connectivity index (χ4v) is 3.18. The van der Waals surface area contributed by atoms with Crippen molar-refractivity contribution in [3.8, 4) is 11.3 Å². The molecule has 3 heterocycles. The lowest BCUT2D eigenvalue weighted by atomic mass is 10.0. The zero-order chi connectivity index (χ0) is 14.4. The zero-order valence-electron chi connectivity index (χ0n) is 12.2. The maximum Gasteiger partial charge on any atom is 0.222 e. The van der Waals surface area contributed by atoms with E-state index in [1.54, 1.807) is 0 Å². The van der Waals surface area contributed by atoms with Crippen molar-refractivity contribution in [3.63, 3.8) is 0 Å². The fourth-order valence-electron chi connectivity index (χ4n) is 3.18. The number of aryl methyl sites for hydroxylation is 2. The summed E-state index contributed by atoms with van der Waals surface area (Å²) in [6.45, 7) is 2.17. The first kappa shape index (κ1) is 12.2. The summed E-state index contributed by atoms with van der Waals surface area (Å²) in [5, 5.41) is 2.56. The van der Waals surface area contributed by atoms with Crippen molar-refractivity contribution < 1.29 is 4.57 Å². The van der Waals surface area contributed by atoms with Crippen LogP contribution in [-0.4, -0.2) is 4.40 Å². The normalized spacial score (nSPS) is 11.3. The van der Waals surface area contributed by atoms with Crippen LogP contribution >= 0.6 is 0 Å². The minimum atomic E-state index is 1.26. The Balaban J connectivity index is 2.19. The smallest absolute Gasteiger partial charge is 0.222 e. The monoisotopic (exact) mass is 273 g/mol. The van der Waals surface area contributed by atoms with Crippen molar-refractivity contribution >= 4 is 16.3 Å². The van der Waals surface area contributed by atoms with Crippen LogP contribution in [0, 0.1) is 6.92 Å². The Morgan fingerprint density at radius 1 is 0.905 bits per heavy atom. The van der Waals surface area contributed by atoms with Crippen LogP contribution in [0.15, 0.2) is 67.1 Å². The summed E-state index contributed by atoms with van der Waals surface area (Å²) in [6, 6.07) is 17.2. The molecule has 2 heteroatoms. The van der Waals surface area contributed by atoms with E-state index in [0.29, 0.717) is 0 Å². The van der Waals surface area contributed by atoms with E-state index in [4.69, 9.17) is 0 Å². The Morgan fingerprint density at radius 2 is 1.76 bits per heavy atom. The highest BCUT2D eigenvalue weighted by Gasteiger charge is 2.18. The van der Waals surface area contributed by atoms with Gasteiger partial charge >= 0.3 is 0 Å². The van der Waals surface area contributed by atoms with Crippen molar-refractivity contribution in [3.05, 3.63) is 72.7 Å². The number of pyridine rings is 2. The van der Waals surface area contributed by atoms with E-state index >= 15 is 0 Å². The van der Waals surface area contributed by atoms with Gasteiger partial charge in [0, 0.05) is 18.5 Å². The van der Waals surface area contributed by atoms with E-state index in [-0.39, 0.29) is 0 Å². The quantitative estimate of drug-likeness (QED) is 0.465. The summed E-state index contributed by atoms with van der Waals surface area (Å²) < 4.78 is 4.41. The largest absolute Gasteiger partial charge is 0.323 e. The molecule has 102 valence electrons. The van der Waals surface area contributed by atoms with Crippen molar-refractivity contribution in [2.75, 3.05) is 0 Å². The molecule has 0 saturated carbocycles. The molecule has 0 aliphatic heterocycles. The molecule has 0 radical (unpaired) electrons. The van der Waals surface area contributed by atoms with E-state index in [2.05, 4.69) is 90.1 Å². The molecule has 0 saturated heterocycles. The predicted molar refractivity (Wildman–Crippen MR) is 86.3 cm³/mol. The third kappa shape index (κ3) is 1.76. The minimum Gasteiger partial charge on any atom is -0.323 e. The molecule has 0 bridgehead atoms. The first-order valence-corrected chi connectivity index (χ1v) is 7.20. The predicted octanol–water partition coefficient (Wildman–Crippen LogP) is 3.89. The van der Waals surface area contributed by atoms with Gasteiger partial charge in [0.05, 0.1) is 16.5 Å². The number of fused-ring (bicyclic) bond motifs is 2. The third-order valence-electron chi connectivity index (χ3n) is 4.18. The molecule has 0 unspecified atom stereocenters. The zero-order valence-corrected chi connectivity index (χ0v) is 12.2. The molecular formula is C19H17N2+. The van der Waals surface area contributed by atoms with Gasteiger partial charge in [0.2, 0.25) is 5.69 Å². The van der Waals surface area contributed by atoms with Gasteiger partial charge in [0.1, 0.15) is 7.05 Å². The molecule has 0 fully saturated rings. The highest BCUT2D eigenvalue weighted by molar-refractivity contribution is 5.97. The Bertz CT molecular complexity index is 964. The Labute approximate surface area is 123 Å². The second kappa shape index (κ2) is 4.45. The van der Waals surface area contributed by atoms with Crippen LogP contribution in [0.25, 0.3) is 27.5 Å². The number of aromatic nitrogens is 2. The SMILES string of the molecule is Cc1ccn2cccc(-c3c4ccccc4cc[n+]3C)c12. The maximum absolute atomic E-state index is 2.21. The molecule has 4 rings (SSSR count). The van der Waals surface area contributed by atoms with Gasteiger partial charge in [-0.15, -0.1) is 0 Å². The van der Waals surface area contributed by atoms with Crippen molar-refractivity contribution in [2.45, 2.75) is 6.92 Å². The third-order valence-corrected chi connectivity index (χ3v) is 4.18. The van der Waals surface area contributed by atoms with Crippen LogP contribution in [-0.2, 0) is 7.05 Å². The molecule has 0 aliphatic carbocycles. The lowest BCUT2D eigenvalue weighted by Crippen LogP contribution is -2.30. The van der Waals surface area contributed by atoms with E-state index in [1.807, 2.05) is 0 Å². The van der Waals surface area contributed by atoms with Crippen LogP contribution in [0.3, 0.4) is 0 Å². The van der Waals surface area contributed by atoms with E-state index in [1.165, 1.54) is 33.1 Å². The van der Waals surface area contributed by atoms with Gasteiger partial charge in [0.15, 0.2) is 6.20 Å². The lowest BCUT2D eigenvalue weighted by Gasteiger charge is -2.08. The minimum absolute atomic E-state index is 1.26. The van der Waals surface area contributed by atoms with Gasteiger partial charge in [-0.1, -0.05) is 18.2 Å². The van der Waals surface area contributed by atoms with Gasteiger partial charge in [-0.2, -0.15) is 0 Å². The van der Waals surface area contributed by atoms with Gasteiger partial charge < -0.3 is 4.40 Å². The number of hydrogen-bond acceptors (Lipinski definition) is 0. The van der Waals surface area contributed by atoms with Gasteiger partial charge in [-0.25, -0.2) is 4.57 Å². The van der Waals surface area contributed by atoms with Crippen LogP contribution in [0.4, 0.5) is 0 Å². The van der Waals surface area contributed by atoms with E-state index in [0.717, 1.165) is 0 Å². The fraction of sp³-hybridized carbons (Fsp3) is 0.105. The molecule has 4 aromatic rings. The molecule has 0 aliphatic rings. The average Bonchev–Trinajstić information content (AvgIpc) is 2.89. The number of rotatable bonds is 1. The summed E-state index contributed by atoms with van der Waals surface area (Å²) in [4.78, 5) is 0. The molecule has 0 atom stereocenters. The lowest BCUT2D eigenvalue weighted by molar-refractivity contribution is -0.659. The molecule has 0 spiro atoms. The highest BCUT2D eigenvalue weighted by atomic mass is 14.9. The average molecular weight is 273 g/mol. The summed E-state index contributed by atoms with van der Waals surface area (Å²) in [6.07, 6.45) is 6.37. The van der Waals surface area contributed by atoms with E-state index < -0.39 is 0 Å². The molecule has 0 N–H and O–H groups in total. The Kier molecular flexibility index (Phi) is 2.58. The first-order valence-electron chi connectivity index (χ1n) is 7.20. The molecule has 1 aromatic carbocycles. The van der Waals surface area contributed by atoms with Crippen molar-refractivity contribution in [2.24, 2.45) is 7.05 Å². The van der Waals surface area contributed by atoms with Gasteiger partial charge in [0.25, 0.3) is 0 Å². The number of nitrogens with zero attached hydrogens (tertiary/aromatic N) is 2. The van der Waals surface area contributed by atoms with Crippen LogP contribution < -0.4 is 4.57 Å². The highest BCUT2D eigenvalue weighted by Crippen LogP contribution is 2.30. The topological polar surface area (TPSA) is 8.29 Å². The number of hydrogen-bond donors (Lipinski definition) is 0. The standard InChI is InChI=1S/C19H17N2/c1-14-9-13-21-11-5-8-17(18(14)21)19-16-7-4-3-6-15(16)10-12-20(19)2/h3-13H,1-2H3/q+1. The van der Waals surface area contributed by atoms with E-state index in [9.17, 15) is 0 Å². The molecule has 2 nitrogen and oxygen atoms in total. The molecule has 3 aromatic heterocycles. The second-order valence-corrected chi connectivity index (χ2v) is 5.54. The number of benzene rings is 1. The maximum atomic E-state index is 2.21. The van der Waals surface area contributed by atoms with Crippen molar-refractivity contribution in [1.29, 1.82) is 0 Å². The van der Waals surface area contributed by atoms with Gasteiger partial charge in [-0.05, 0) is 42.1 Å². The Hall–Kier alpha value is -2.61. The molecule has 0 amide bonds. The summed E-state index contributed by atoms with van der Waals surface area (Å²) in [5.74, 6) is 0. The summed E-state index contributed by atoms with van der Waals surface area (Å²) in [5.41, 5.74) is 5.13. The summed E-state index contributed by atoms with van der Waals surface area (Å²) >= 11 is 0. The van der Waals surface area contributed by atoms with Crippen LogP contribution in [0.2, 0.25) is 0 Å². The molecular weight excluding hydrogens is 256 g/mol. The van der Waals surface area contributed by atoms with Crippen LogP contribution in [0.5, 0.6) is 0 Å². The van der Waals surface area contributed by atoms with Gasteiger partial charge in [-0.3, -0.25) is 0 Å².